The lowest BCUT2D eigenvalue weighted by Crippen LogP contribution is -2.32. The number of thioether (sulfide) groups is 1. The Morgan fingerprint density at radius 1 is 1.00 bits per heavy atom. The zero-order valence-corrected chi connectivity index (χ0v) is 17.3. The molecule has 0 aliphatic carbocycles. The summed E-state index contributed by atoms with van der Waals surface area (Å²) >= 11 is 1.42. The zero-order valence-electron chi connectivity index (χ0n) is 16.5. The van der Waals surface area contributed by atoms with Crippen molar-refractivity contribution in [3.8, 4) is 0 Å². The average molecular weight is 420 g/mol. The van der Waals surface area contributed by atoms with E-state index in [1.807, 2.05) is 48.7 Å². The maximum Gasteiger partial charge on any atom is 0.330 e. The summed E-state index contributed by atoms with van der Waals surface area (Å²) in [6.45, 7) is 1.10. The number of benzene rings is 1. The van der Waals surface area contributed by atoms with Gasteiger partial charge in [-0.1, -0.05) is 30.3 Å². The number of nitrogens with zero attached hydrogens (tertiary/aromatic N) is 4. The number of imidazole rings is 1. The molecule has 3 heterocycles. The molecule has 0 unspecified atom stereocenters. The van der Waals surface area contributed by atoms with Gasteiger partial charge in [0, 0.05) is 25.5 Å². The van der Waals surface area contributed by atoms with Crippen molar-refractivity contribution in [1.29, 1.82) is 0 Å². The number of carbonyl (C=O) groups is 1. The van der Waals surface area contributed by atoms with Crippen LogP contribution in [0.2, 0.25) is 0 Å². The van der Waals surface area contributed by atoms with Gasteiger partial charge in [0.05, 0.1) is 17.6 Å². The topological polar surface area (TPSA) is 81.8 Å². The fourth-order valence-corrected chi connectivity index (χ4v) is 3.92. The van der Waals surface area contributed by atoms with E-state index in [1.165, 1.54) is 11.8 Å². The summed E-state index contributed by atoms with van der Waals surface area (Å²) in [5, 5.41) is 3.56. The number of fused-ring (bicyclic) bond motifs is 1. The highest BCUT2D eigenvalue weighted by atomic mass is 32.2. The first-order valence-corrected chi connectivity index (χ1v) is 10.8. The second-order valence-corrected chi connectivity index (χ2v) is 7.46. The van der Waals surface area contributed by atoms with Crippen LogP contribution in [0.4, 0.5) is 0 Å². The fourth-order valence-electron chi connectivity index (χ4n) is 3.37. The van der Waals surface area contributed by atoms with E-state index in [9.17, 15) is 9.59 Å². The lowest BCUT2D eigenvalue weighted by molar-refractivity contribution is 0.0948. The smallest absolute Gasteiger partial charge is 0.330 e. The van der Waals surface area contributed by atoms with Gasteiger partial charge in [0.1, 0.15) is 5.03 Å². The number of aromatic nitrogens is 4. The predicted octanol–water partition coefficient (Wildman–Crippen LogP) is 2.79. The number of nitrogens with one attached hydrogen (secondary N) is 1. The molecule has 0 aliphatic heterocycles. The second kappa shape index (κ2) is 8.96. The fraction of sp³-hybridized carbons (Fsp3) is 0.182. The summed E-state index contributed by atoms with van der Waals surface area (Å²) in [6.07, 6.45) is 5.21. The highest BCUT2D eigenvalue weighted by molar-refractivity contribution is 7.98. The van der Waals surface area contributed by atoms with E-state index < -0.39 is 0 Å². The van der Waals surface area contributed by atoms with Crippen molar-refractivity contribution in [2.24, 2.45) is 0 Å². The quantitative estimate of drug-likeness (QED) is 0.466. The van der Waals surface area contributed by atoms with Gasteiger partial charge >= 0.3 is 5.69 Å². The molecule has 3 aromatic heterocycles. The van der Waals surface area contributed by atoms with Crippen LogP contribution in [0.5, 0.6) is 0 Å². The van der Waals surface area contributed by atoms with Crippen molar-refractivity contribution in [2.45, 2.75) is 18.1 Å². The number of hydrogen-bond donors (Lipinski definition) is 1. The Morgan fingerprint density at radius 3 is 2.57 bits per heavy atom. The van der Waals surface area contributed by atoms with Gasteiger partial charge in [-0.05, 0) is 36.1 Å². The molecule has 0 bridgehead atoms. The van der Waals surface area contributed by atoms with Crippen molar-refractivity contribution < 1.29 is 4.79 Å². The van der Waals surface area contributed by atoms with E-state index in [0.717, 1.165) is 11.1 Å². The molecular formula is C22H21N5O2S. The molecule has 8 heteroatoms. The summed E-state index contributed by atoms with van der Waals surface area (Å²) in [5.74, 6) is -0.207. The summed E-state index contributed by atoms with van der Waals surface area (Å²) in [7, 11) is 0. The molecule has 30 heavy (non-hydrogen) atoms. The molecule has 4 aromatic rings. The van der Waals surface area contributed by atoms with Crippen LogP contribution in [0.3, 0.4) is 0 Å². The Kier molecular flexibility index (Phi) is 5.94. The molecule has 0 saturated carbocycles. The molecule has 0 radical (unpaired) electrons. The molecule has 152 valence electrons. The van der Waals surface area contributed by atoms with E-state index in [4.69, 9.17) is 0 Å². The Morgan fingerprint density at radius 2 is 1.77 bits per heavy atom. The van der Waals surface area contributed by atoms with Crippen molar-refractivity contribution in [1.82, 2.24) is 24.4 Å². The number of pyridine rings is 2. The van der Waals surface area contributed by atoms with Gasteiger partial charge in [0.2, 0.25) is 0 Å². The van der Waals surface area contributed by atoms with Crippen molar-refractivity contribution >= 4 is 28.8 Å². The Labute approximate surface area is 177 Å². The molecule has 0 aliphatic rings. The number of amides is 1. The SMILES string of the molecule is CSc1ncccc1C(=O)NCCn1c(=O)n(Cc2ccccc2)c2cccnc21. The monoisotopic (exact) mass is 419 g/mol. The van der Waals surface area contributed by atoms with E-state index >= 15 is 0 Å². The molecule has 0 fully saturated rings. The maximum absolute atomic E-state index is 13.1. The van der Waals surface area contributed by atoms with Gasteiger partial charge in [-0.15, -0.1) is 11.8 Å². The lowest BCUT2D eigenvalue weighted by Gasteiger charge is -2.08. The van der Waals surface area contributed by atoms with Crippen LogP contribution in [0.15, 0.2) is 76.8 Å². The predicted molar refractivity (Wildman–Crippen MR) is 118 cm³/mol. The van der Waals surface area contributed by atoms with Crippen molar-refractivity contribution in [3.63, 3.8) is 0 Å². The largest absolute Gasteiger partial charge is 0.350 e. The van der Waals surface area contributed by atoms with Gasteiger partial charge < -0.3 is 5.32 Å². The van der Waals surface area contributed by atoms with E-state index in [0.29, 0.717) is 35.9 Å². The van der Waals surface area contributed by atoms with Crippen LogP contribution in [0.1, 0.15) is 15.9 Å². The number of rotatable bonds is 7. The first-order chi connectivity index (χ1) is 14.7. The van der Waals surface area contributed by atoms with Crippen molar-refractivity contribution in [3.05, 3.63) is 88.6 Å². The van der Waals surface area contributed by atoms with Crippen LogP contribution in [-0.4, -0.2) is 37.8 Å². The molecular weight excluding hydrogens is 398 g/mol. The van der Waals surface area contributed by atoms with Gasteiger partial charge in [-0.2, -0.15) is 0 Å². The van der Waals surface area contributed by atoms with E-state index in [-0.39, 0.29) is 11.6 Å². The van der Waals surface area contributed by atoms with Crippen LogP contribution in [0.25, 0.3) is 11.2 Å². The number of hydrogen-bond acceptors (Lipinski definition) is 5. The molecule has 1 amide bonds. The van der Waals surface area contributed by atoms with Crippen LogP contribution in [0, 0.1) is 0 Å². The van der Waals surface area contributed by atoms with Gasteiger partial charge in [0.25, 0.3) is 5.91 Å². The van der Waals surface area contributed by atoms with Crippen molar-refractivity contribution in [2.75, 3.05) is 12.8 Å². The normalized spacial score (nSPS) is 11.0. The minimum Gasteiger partial charge on any atom is -0.350 e. The molecule has 0 atom stereocenters. The minimum absolute atomic E-state index is 0.145. The van der Waals surface area contributed by atoms with Gasteiger partial charge in [-0.3, -0.25) is 13.9 Å². The minimum atomic E-state index is -0.207. The third-order valence-corrected chi connectivity index (χ3v) is 5.50. The van der Waals surface area contributed by atoms with Crippen LogP contribution in [-0.2, 0) is 13.1 Å². The summed E-state index contributed by atoms with van der Waals surface area (Å²) in [4.78, 5) is 34.3. The lowest BCUT2D eigenvalue weighted by atomic mass is 10.2. The maximum atomic E-state index is 13.1. The Hall–Kier alpha value is -3.39. The van der Waals surface area contributed by atoms with Gasteiger partial charge in [0.15, 0.2) is 5.65 Å². The standard InChI is InChI=1S/C22H21N5O2S/c1-30-21-17(9-5-12-25-21)20(28)24-13-14-26-19-18(10-6-11-23-19)27(22(26)29)15-16-7-3-2-4-8-16/h2-12H,13-15H2,1H3,(H,24,28). The summed E-state index contributed by atoms with van der Waals surface area (Å²) in [5.41, 5.74) is 2.81. The average Bonchev–Trinajstić information content (AvgIpc) is 3.05. The highest BCUT2D eigenvalue weighted by Crippen LogP contribution is 2.16. The Bertz CT molecular complexity index is 1230. The second-order valence-electron chi connectivity index (χ2n) is 6.67. The molecule has 1 aromatic carbocycles. The Balaban J connectivity index is 1.55. The molecule has 0 spiro atoms. The summed E-state index contributed by atoms with van der Waals surface area (Å²) in [6, 6.07) is 17.0. The molecule has 4 rings (SSSR count). The molecule has 7 nitrogen and oxygen atoms in total. The van der Waals surface area contributed by atoms with Gasteiger partial charge in [-0.25, -0.2) is 14.8 Å². The van der Waals surface area contributed by atoms with Crippen LogP contribution < -0.4 is 11.0 Å². The first kappa shape index (κ1) is 19.9. The molecule has 1 N–H and O–H groups in total. The third-order valence-electron chi connectivity index (χ3n) is 4.79. The van der Waals surface area contributed by atoms with Crippen LogP contribution >= 0.6 is 11.8 Å². The third kappa shape index (κ3) is 3.99. The summed E-state index contributed by atoms with van der Waals surface area (Å²) < 4.78 is 3.32. The molecule has 0 saturated heterocycles. The van der Waals surface area contributed by atoms with E-state index in [1.54, 1.807) is 33.7 Å². The number of carbonyl (C=O) groups excluding carboxylic acids is 1. The zero-order chi connectivity index (χ0) is 20.9. The van der Waals surface area contributed by atoms with E-state index in [2.05, 4.69) is 15.3 Å². The first-order valence-electron chi connectivity index (χ1n) is 9.54. The highest BCUT2D eigenvalue weighted by Gasteiger charge is 2.15.